The van der Waals surface area contributed by atoms with E-state index in [0.29, 0.717) is 18.3 Å². The number of pyridine rings is 1. The maximum absolute atomic E-state index is 5.96. The first-order valence-electron chi connectivity index (χ1n) is 5.66. The van der Waals surface area contributed by atoms with Gasteiger partial charge in [-0.1, -0.05) is 0 Å². The van der Waals surface area contributed by atoms with Crippen LogP contribution in [0.15, 0.2) is 23.7 Å². The van der Waals surface area contributed by atoms with Crippen molar-refractivity contribution in [2.45, 2.75) is 12.4 Å². The first-order valence-corrected chi connectivity index (χ1v) is 7.07. The normalized spacial score (nSPS) is 11.1. The highest BCUT2D eigenvalue weighted by molar-refractivity contribution is 7.09. The third-order valence-corrected chi connectivity index (χ3v) is 3.75. The molecule has 0 saturated heterocycles. The maximum Gasteiger partial charge on any atom is 0.215 e. The zero-order chi connectivity index (χ0) is 13.2. The zero-order valence-electron chi connectivity index (χ0n) is 10.2. The molecule has 0 unspecified atom stereocenters. The highest BCUT2D eigenvalue weighted by atomic mass is 35.5. The summed E-state index contributed by atoms with van der Waals surface area (Å²) in [6.45, 7) is 0.621. The molecule has 0 aliphatic rings. The van der Waals surface area contributed by atoms with Crippen LogP contribution in [0.4, 0.5) is 0 Å². The molecule has 5 nitrogen and oxygen atoms in total. The van der Waals surface area contributed by atoms with E-state index in [-0.39, 0.29) is 0 Å². The maximum atomic E-state index is 5.96. The second kappa shape index (κ2) is 5.14. The third kappa shape index (κ3) is 2.29. The number of nitrogens with zero attached hydrogens (tertiary/aromatic N) is 4. The van der Waals surface area contributed by atoms with Crippen LogP contribution in [-0.4, -0.2) is 26.6 Å². The van der Waals surface area contributed by atoms with Crippen LogP contribution < -0.4 is 4.74 Å². The van der Waals surface area contributed by atoms with E-state index in [1.165, 1.54) is 0 Å². The summed E-state index contributed by atoms with van der Waals surface area (Å²) in [7, 11) is 1.60. The number of imidazole rings is 1. The SMILES string of the molecule is COc1ccc2nc(CCl)n(Cc3nccs3)c2n1. The van der Waals surface area contributed by atoms with Gasteiger partial charge in [0.2, 0.25) is 5.88 Å². The van der Waals surface area contributed by atoms with Crippen LogP contribution in [-0.2, 0) is 12.4 Å². The molecule has 19 heavy (non-hydrogen) atoms. The number of aromatic nitrogens is 4. The van der Waals surface area contributed by atoms with Gasteiger partial charge in [-0.3, -0.25) is 0 Å². The monoisotopic (exact) mass is 294 g/mol. The van der Waals surface area contributed by atoms with Crippen molar-refractivity contribution < 1.29 is 4.74 Å². The number of hydrogen-bond donors (Lipinski definition) is 0. The Kier molecular flexibility index (Phi) is 3.35. The molecule has 3 aromatic heterocycles. The first-order chi connectivity index (χ1) is 9.31. The Morgan fingerprint density at radius 1 is 1.37 bits per heavy atom. The van der Waals surface area contributed by atoms with Gasteiger partial charge in [0.05, 0.1) is 19.5 Å². The average Bonchev–Trinajstić information content (AvgIpc) is 3.07. The van der Waals surface area contributed by atoms with E-state index in [1.807, 2.05) is 16.0 Å². The molecule has 0 fully saturated rings. The number of rotatable bonds is 4. The number of halogens is 1. The number of hydrogen-bond acceptors (Lipinski definition) is 5. The molecule has 3 rings (SSSR count). The van der Waals surface area contributed by atoms with Crippen molar-refractivity contribution in [3.63, 3.8) is 0 Å². The fourth-order valence-corrected chi connectivity index (χ4v) is 2.69. The Morgan fingerprint density at radius 3 is 2.95 bits per heavy atom. The van der Waals surface area contributed by atoms with Crippen LogP contribution in [0.1, 0.15) is 10.8 Å². The van der Waals surface area contributed by atoms with Crippen molar-refractivity contribution in [3.05, 3.63) is 34.5 Å². The molecule has 0 bridgehead atoms. The van der Waals surface area contributed by atoms with E-state index in [9.17, 15) is 0 Å². The summed E-state index contributed by atoms with van der Waals surface area (Å²) in [4.78, 5) is 13.2. The molecule has 0 aromatic carbocycles. The fourth-order valence-electron chi connectivity index (χ4n) is 1.88. The lowest BCUT2D eigenvalue weighted by Crippen LogP contribution is -2.04. The minimum absolute atomic E-state index is 0.337. The van der Waals surface area contributed by atoms with Gasteiger partial charge in [-0.2, -0.15) is 4.98 Å². The van der Waals surface area contributed by atoms with E-state index in [4.69, 9.17) is 16.3 Å². The van der Waals surface area contributed by atoms with Crippen LogP contribution in [0, 0.1) is 0 Å². The molecule has 0 N–H and O–H groups in total. The predicted octanol–water partition coefficient (Wildman–Crippen LogP) is 2.68. The Hall–Kier alpha value is -1.66. The van der Waals surface area contributed by atoms with E-state index in [2.05, 4.69) is 15.0 Å². The van der Waals surface area contributed by atoms with Crippen molar-refractivity contribution in [2.24, 2.45) is 0 Å². The summed E-state index contributed by atoms with van der Waals surface area (Å²) in [5, 5.41) is 2.94. The fraction of sp³-hybridized carbons (Fsp3) is 0.250. The number of methoxy groups -OCH3 is 1. The van der Waals surface area contributed by atoms with Gasteiger partial charge < -0.3 is 9.30 Å². The molecular formula is C12H11ClN4OS. The molecule has 0 radical (unpaired) electrons. The summed E-state index contributed by atoms with van der Waals surface area (Å²) in [6.07, 6.45) is 1.79. The van der Waals surface area contributed by atoms with E-state index in [0.717, 1.165) is 22.0 Å². The topological polar surface area (TPSA) is 52.8 Å². The number of alkyl halides is 1. The molecule has 0 amide bonds. The Bertz CT molecular complexity index is 695. The number of ether oxygens (including phenoxy) is 1. The molecule has 3 heterocycles. The number of fused-ring (bicyclic) bond motifs is 1. The predicted molar refractivity (Wildman–Crippen MR) is 74.9 cm³/mol. The lowest BCUT2D eigenvalue weighted by atomic mass is 10.4. The van der Waals surface area contributed by atoms with Crippen LogP contribution >= 0.6 is 22.9 Å². The highest BCUT2D eigenvalue weighted by Crippen LogP contribution is 2.21. The smallest absolute Gasteiger partial charge is 0.215 e. The number of thiazole rings is 1. The molecule has 0 aliphatic heterocycles. The van der Waals surface area contributed by atoms with Crippen molar-refractivity contribution in [1.29, 1.82) is 0 Å². The Morgan fingerprint density at radius 2 is 2.26 bits per heavy atom. The second-order valence-electron chi connectivity index (χ2n) is 3.87. The summed E-state index contributed by atoms with van der Waals surface area (Å²) >= 11 is 7.56. The molecule has 0 atom stereocenters. The summed E-state index contributed by atoms with van der Waals surface area (Å²) in [5.74, 6) is 1.69. The zero-order valence-corrected chi connectivity index (χ0v) is 11.8. The molecule has 0 spiro atoms. The summed E-state index contributed by atoms with van der Waals surface area (Å²) in [6, 6.07) is 3.68. The van der Waals surface area contributed by atoms with Crippen molar-refractivity contribution in [3.8, 4) is 5.88 Å². The van der Waals surface area contributed by atoms with Gasteiger partial charge in [-0.05, 0) is 6.07 Å². The highest BCUT2D eigenvalue weighted by Gasteiger charge is 2.13. The standard InChI is InChI=1S/C12H11ClN4OS/c1-18-10-3-2-8-12(16-10)17(9(6-13)15-8)7-11-14-4-5-19-11/h2-5H,6-7H2,1H3. The summed E-state index contributed by atoms with van der Waals surface area (Å²) < 4.78 is 7.13. The average molecular weight is 295 g/mol. The van der Waals surface area contributed by atoms with Crippen molar-refractivity contribution >= 4 is 34.1 Å². The molecule has 7 heteroatoms. The molecule has 3 aromatic rings. The minimum atomic E-state index is 0.337. The van der Waals surface area contributed by atoms with Crippen LogP contribution in [0.2, 0.25) is 0 Å². The van der Waals surface area contributed by atoms with Gasteiger partial charge in [0.15, 0.2) is 5.65 Å². The van der Waals surface area contributed by atoms with Gasteiger partial charge in [-0.25, -0.2) is 9.97 Å². The third-order valence-electron chi connectivity index (χ3n) is 2.75. The molecule has 98 valence electrons. The minimum Gasteiger partial charge on any atom is -0.481 e. The summed E-state index contributed by atoms with van der Waals surface area (Å²) in [5.41, 5.74) is 1.58. The van der Waals surface area contributed by atoms with Crippen molar-refractivity contribution in [1.82, 2.24) is 19.5 Å². The second-order valence-corrected chi connectivity index (χ2v) is 5.12. The van der Waals surface area contributed by atoms with E-state index in [1.54, 1.807) is 30.7 Å². The molecule has 0 aliphatic carbocycles. The van der Waals surface area contributed by atoms with Crippen molar-refractivity contribution in [2.75, 3.05) is 7.11 Å². The van der Waals surface area contributed by atoms with Gasteiger partial charge in [0.25, 0.3) is 0 Å². The van der Waals surface area contributed by atoms with Crippen LogP contribution in [0.25, 0.3) is 11.2 Å². The van der Waals surface area contributed by atoms with Crippen LogP contribution in [0.3, 0.4) is 0 Å². The van der Waals surface area contributed by atoms with Gasteiger partial charge >= 0.3 is 0 Å². The largest absolute Gasteiger partial charge is 0.481 e. The van der Waals surface area contributed by atoms with Gasteiger partial charge in [0.1, 0.15) is 16.3 Å². The Labute approximate surface area is 118 Å². The van der Waals surface area contributed by atoms with Crippen LogP contribution in [0.5, 0.6) is 5.88 Å². The lowest BCUT2D eigenvalue weighted by molar-refractivity contribution is 0.399. The quantitative estimate of drug-likeness (QED) is 0.694. The molecular weight excluding hydrogens is 284 g/mol. The van der Waals surface area contributed by atoms with Gasteiger partial charge in [-0.15, -0.1) is 22.9 Å². The first kappa shape index (κ1) is 12.4. The van der Waals surface area contributed by atoms with Gasteiger partial charge in [0, 0.05) is 17.6 Å². The van der Waals surface area contributed by atoms with E-state index < -0.39 is 0 Å². The lowest BCUT2D eigenvalue weighted by Gasteiger charge is -2.05. The Balaban J connectivity index is 2.13. The molecule has 0 saturated carbocycles. The van der Waals surface area contributed by atoms with E-state index >= 15 is 0 Å².